The van der Waals surface area contributed by atoms with Gasteiger partial charge in [-0.3, -0.25) is 9.55 Å². The average molecular weight is 271 g/mol. The first-order chi connectivity index (χ1) is 9.74. The molecule has 0 radical (unpaired) electrons. The van der Waals surface area contributed by atoms with Gasteiger partial charge in [-0.05, 0) is 25.7 Å². The molecule has 0 bridgehead atoms. The lowest BCUT2D eigenvalue weighted by atomic mass is 10.0. The zero-order valence-electron chi connectivity index (χ0n) is 12.1. The van der Waals surface area contributed by atoms with Crippen molar-refractivity contribution in [3.63, 3.8) is 0 Å². The highest BCUT2D eigenvalue weighted by Crippen LogP contribution is 2.21. The van der Waals surface area contributed by atoms with E-state index in [0.717, 1.165) is 30.9 Å². The number of hydrogen-bond donors (Lipinski definition) is 1. The predicted molar refractivity (Wildman–Crippen MR) is 77.8 cm³/mol. The summed E-state index contributed by atoms with van der Waals surface area (Å²) in [5.74, 6) is 0.869. The van der Waals surface area contributed by atoms with E-state index in [1.54, 1.807) is 0 Å². The Hall–Kier alpha value is -1.75. The summed E-state index contributed by atoms with van der Waals surface area (Å²) in [4.78, 5) is 13.5. The fourth-order valence-corrected chi connectivity index (χ4v) is 2.54. The maximum absolute atomic E-state index is 4.53. The molecule has 2 heterocycles. The summed E-state index contributed by atoms with van der Waals surface area (Å²) in [6.07, 6.45) is 10.2. The molecular formula is C15H21N5. The van der Waals surface area contributed by atoms with E-state index in [1.165, 1.54) is 24.2 Å². The first-order valence-electron chi connectivity index (χ1n) is 7.34. The molecule has 5 heteroatoms. The average Bonchev–Trinajstić information content (AvgIpc) is 2.89. The second-order valence-electron chi connectivity index (χ2n) is 5.62. The van der Waals surface area contributed by atoms with E-state index >= 15 is 0 Å². The van der Waals surface area contributed by atoms with Gasteiger partial charge in [0.1, 0.15) is 6.33 Å². The molecule has 0 aromatic carbocycles. The van der Waals surface area contributed by atoms with Crippen LogP contribution in [0.5, 0.6) is 0 Å². The van der Waals surface area contributed by atoms with Crippen molar-refractivity contribution in [3.05, 3.63) is 35.8 Å². The Labute approximate surface area is 119 Å². The molecule has 3 rings (SSSR count). The molecule has 0 spiro atoms. The molecule has 0 saturated carbocycles. The number of nitrogens with zero attached hydrogens (tertiary/aromatic N) is 4. The van der Waals surface area contributed by atoms with E-state index in [2.05, 4.69) is 38.7 Å². The highest BCUT2D eigenvalue weighted by molar-refractivity contribution is 5.28. The number of fused-ring (bicyclic) bond motifs is 1. The van der Waals surface area contributed by atoms with Gasteiger partial charge in [-0.25, -0.2) is 9.97 Å². The van der Waals surface area contributed by atoms with Gasteiger partial charge >= 0.3 is 0 Å². The maximum Gasteiger partial charge on any atom is 0.156 e. The van der Waals surface area contributed by atoms with Crippen molar-refractivity contribution in [3.8, 4) is 5.82 Å². The van der Waals surface area contributed by atoms with Gasteiger partial charge in [0.2, 0.25) is 0 Å². The molecule has 0 atom stereocenters. The van der Waals surface area contributed by atoms with Gasteiger partial charge < -0.3 is 5.32 Å². The molecule has 1 aliphatic carbocycles. The zero-order valence-corrected chi connectivity index (χ0v) is 12.1. The molecule has 0 aliphatic heterocycles. The lowest BCUT2D eigenvalue weighted by molar-refractivity contribution is 0.579. The van der Waals surface area contributed by atoms with Gasteiger partial charge in [-0.1, -0.05) is 13.8 Å². The van der Waals surface area contributed by atoms with Crippen LogP contribution in [0.25, 0.3) is 5.82 Å². The minimum absolute atomic E-state index is 0.456. The molecule has 1 aliphatic rings. The van der Waals surface area contributed by atoms with Crippen molar-refractivity contribution in [2.24, 2.45) is 0 Å². The normalized spacial score (nSPS) is 14.6. The van der Waals surface area contributed by atoms with Crippen LogP contribution in [0.4, 0.5) is 0 Å². The summed E-state index contributed by atoms with van der Waals surface area (Å²) in [7, 11) is 0. The van der Waals surface area contributed by atoms with Gasteiger partial charge in [0.15, 0.2) is 5.82 Å². The van der Waals surface area contributed by atoms with Crippen molar-refractivity contribution in [1.82, 2.24) is 24.8 Å². The van der Waals surface area contributed by atoms with E-state index < -0.39 is 0 Å². The molecule has 20 heavy (non-hydrogen) atoms. The number of imidazole rings is 1. The third kappa shape index (κ3) is 2.72. The van der Waals surface area contributed by atoms with Crippen LogP contribution in [0.15, 0.2) is 18.7 Å². The third-order valence-corrected chi connectivity index (χ3v) is 3.66. The first-order valence-corrected chi connectivity index (χ1v) is 7.34. The van der Waals surface area contributed by atoms with Gasteiger partial charge in [-0.2, -0.15) is 0 Å². The van der Waals surface area contributed by atoms with Crippen LogP contribution in [-0.2, 0) is 19.4 Å². The van der Waals surface area contributed by atoms with Crippen LogP contribution in [0, 0.1) is 0 Å². The Kier molecular flexibility index (Phi) is 3.78. The highest BCUT2D eigenvalue weighted by atomic mass is 15.1. The summed E-state index contributed by atoms with van der Waals surface area (Å²) in [6.45, 7) is 5.01. The molecule has 2 aromatic heterocycles. The van der Waals surface area contributed by atoms with E-state index in [9.17, 15) is 0 Å². The molecule has 0 amide bonds. The fraction of sp³-hybridized carbons (Fsp3) is 0.533. The van der Waals surface area contributed by atoms with Crippen LogP contribution in [0.1, 0.15) is 43.8 Å². The van der Waals surface area contributed by atoms with Gasteiger partial charge in [0.05, 0.1) is 23.8 Å². The Balaban J connectivity index is 1.79. The molecule has 0 saturated heterocycles. The number of hydrogen-bond acceptors (Lipinski definition) is 4. The molecular weight excluding hydrogens is 250 g/mol. The summed E-state index contributed by atoms with van der Waals surface area (Å²) < 4.78 is 2.08. The summed E-state index contributed by atoms with van der Waals surface area (Å²) in [5.41, 5.74) is 3.50. The predicted octanol–water partition coefficient (Wildman–Crippen LogP) is 2.04. The Morgan fingerprint density at radius 2 is 2.00 bits per heavy atom. The topological polar surface area (TPSA) is 55.6 Å². The SMILES string of the molecule is CC(C)NCc1cnc(-n2cnc3c2CCCC3)cn1. The first kappa shape index (κ1) is 13.2. The molecule has 1 N–H and O–H groups in total. The molecule has 2 aromatic rings. The standard InChI is InChI=1S/C15H21N5/c1-11(2)16-7-12-8-18-15(9-17-12)20-10-19-13-5-3-4-6-14(13)20/h8-11,16H,3-7H2,1-2H3. The van der Waals surface area contributed by atoms with Crippen molar-refractivity contribution < 1.29 is 0 Å². The minimum atomic E-state index is 0.456. The quantitative estimate of drug-likeness (QED) is 0.924. The van der Waals surface area contributed by atoms with Crippen LogP contribution in [-0.4, -0.2) is 25.6 Å². The molecule has 0 fully saturated rings. The largest absolute Gasteiger partial charge is 0.309 e. The van der Waals surface area contributed by atoms with Crippen molar-refractivity contribution in [2.45, 2.75) is 52.1 Å². The fourth-order valence-electron chi connectivity index (χ4n) is 2.54. The maximum atomic E-state index is 4.53. The van der Waals surface area contributed by atoms with E-state index in [0.29, 0.717) is 6.04 Å². The molecule has 5 nitrogen and oxygen atoms in total. The lowest BCUT2D eigenvalue weighted by Crippen LogP contribution is -2.22. The van der Waals surface area contributed by atoms with Gasteiger partial charge in [-0.15, -0.1) is 0 Å². The van der Waals surface area contributed by atoms with Crippen LogP contribution in [0.3, 0.4) is 0 Å². The van der Waals surface area contributed by atoms with Crippen molar-refractivity contribution >= 4 is 0 Å². The zero-order chi connectivity index (χ0) is 13.9. The van der Waals surface area contributed by atoms with Crippen LogP contribution < -0.4 is 5.32 Å². The van der Waals surface area contributed by atoms with E-state index in [-0.39, 0.29) is 0 Å². The van der Waals surface area contributed by atoms with Crippen LogP contribution in [0.2, 0.25) is 0 Å². The Morgan fingerprint density at radius 3 is 2.75 bits per heavy atom. The second kappa shape index (κ2) is 5.71. The smallest absolute Gasteiger partial charge is 0.156 e. The van der Waals surface area contributed by atoms with E-state index in [1.807, 2.05) is 18.7 Å². The second-order valence-corrected chi connectivity index (χ2v) is 5.62. The summed E-state index contributed by atoms with van der Waals surface area (Å²) in [5, 5.41) is 3.34. The lowest BCUT2D eigenvalue weighted by Gasteiger charge is -2.13. The van der Waals surface area contributed by atoms with Crippen LogP contribution >= 0.6 is 0 Å². The Bertz CT molecular complexity index is 570. The molecule has 106 valence electrons. The molecule has 0 unspecified atom stereocenters. The number of nitrogens with one attached hydrogen (secondary N) is 1. The highest BCUT2D eigenvalue weighted by Gasteiger charge is 2.16. The minimum Gasteiger partial charge on any atom is -0.309 e. The number of rotatable bonds is 4. The Morgan fingerprint density at radius 1 is 1.15 bits per heavy atom. The van der Waals surface area contributed by atoms with Crippen molar-refractivity contribution in [2.75, 3.05) is 0 Å². The van der Waals surface area contributed by atoms with E-state index in [4.69, 9.17) is 0 Å². The van der Waals surface area contributed by atoms with Crippen molar-refractivity contribution in [1.29, 1.82) is 0 Å². The van der Waals surface area contributed by atoms with Gasteiger partial charge in [0.25, 0.3) is 0 Å². The number of aryl methyl sites for hydroxylation is 1. The third-order valence-electron chi connectivity index (χ3n) is 3.66. The number of aromatic nitrogens is 4. The summed E-state index contributed by atoms with van der Waals surface area (Å²) >= 11 is 0. The summed E-state index contributed by atoms with van der Waals surface area (Å²) in [6, 6.07) is 0.456. The monoisotopic (exact) mass is 271 g/mol. The van der Waals surface area contributed by atoms with Gasteiger partial charge in [0, 0.05) is 18.3 Å².